The topological polar surface area (TPSA) is 78.9 Å². The summed E-state index contributed by atoms with van der Waals surface area (Å²) in [5.41, 5.74) is 0. The molecule has 2 amide bonds. The third kappa shape index (κ3) is 4.71. The van der Waals surface area contributed by atoms with E-state index in [1.165, 1.54) is 4.88 Å². The summed E-state index contributed by atoms with van der Waals surface area (Å²) in [5.74, 6) is -0.909. The average molecular weight is 312 g/mol. The highest BCUT2D eigenvalue weighted by atomic mass is 32.1. The molecule has 1 atom stereocenters. The first-order chi connectivity index (χ1) is 10.1. The second-order valence-corrected chi connectivity index (χ2v) is 6.17. The van der Waals surface area contributed by atoms with Gasteiger partial charge in [0.2, 0.25) is 0 Å². The Morgan fingerprint density at radius 2 is 2.24 bits per heavy atom. The number of hydrogen-bond acceptors (Lipinski definition) is 4. The summed E-state index contributed by atoms with van der Waals surface area (Å²) in [5, 5.41) is 11.6. The van der Waals surface area contributed by atoms with Gasteiger partial charge < -0.3 is 20.1 Å². The largest absolute Gasteiger partial charge is 0.481 e. The summed E-state index contributed by atoms with van der Waals surface area (Å²) in [4.78, 5) is 26.8. The number of nitrogens with zero attached hydrogens (tertiary/aromatic N) is 1. The summed E-state index contributed by atoms with van der Waals surface area (Å²) in [6.07, 6.45) is 0.503. The number of carbonyl (C=O) groups is 2. The fraction of sp³-hybridized carbons (Fsp3) is 0.571. The monoisotopic (exact) mass is 312 g/mol. The van der Waals surface area contributed by atoms with Crippen molar-refractivity contribution in [1.29, 1.82) is 0 Å². The molecule has 6 nitrogen and oxygen atoms in total. The number of urea groups is 1. The fourth-order valence-electron chi connectivity index (χ4n) is 2.20. The zero-order valence-corrected chi connectivity index (χ0v) is 12.8. The summed E-state index contributed by atoms with van der Waals surface area (Å²) in [7, 11) is 0. The minimum absolute atomic E-state index is 0.0748. The molecule has 0 saturated carbocycles. The SMILES string of the molecule is CCc1ccc(CNC(=O)N2CCOC(CC(=O)O)C2)s1. The zero-order valence-electron chi connectivity index (χ0n) is 12.0. The highest BCUT2D eigenvalue weighted by Crippen LogP contribution is 2.16. The molecule has 0 aromatic carbocycles. The number of hydrogen-bond donors (Lipinski definition) is 2. The lowest BCUT2D eigenvalue weighted by molar-refractivity contribution is -0.141. The summed E-state index contributed by atoms with van der Waals surface area (Å²) in [6.45, 7) is 3.80. The minimum Gasteiger partial charge on any atom is -0.481 e. The molecule has 2 rings (SSSR count). The molecular formula is C14H20N2O4S. The van der Waals surface area contributed by atoms with Crippen LogP contribution in [-0.2, 0) is 22.5 Å². The molecule has 1 aromatic heterocycles. The van der Waals surface area contributed by atoms with Crippen LogP contribution in [0.15, 0.2) is 12.1 Å². The summed E-state index contributed by atoms with van der Waals surface area (Å²) >= 11 is 1.69. The van der Waals surface area contributed by atoms with Gasteiger partial charge in [-0.05, 0) is 18.6 Å². The first-order valence-corrected chi connectivity index (χ1v) is 7.84. The van der Waals surface area contributed by atoms with E-state index in [4.69, 9.17) is 9.84 Å². The Hall–Kier alpha value is -1.60. The number of rotatable bonds is 5. The highest BCUT2D eigenvalue weighted by molar-refractivity contribution is 7.11. The van der Waals surface area contributed by atoms with Crippen molar-refractivity contribution in [3.05, 3.63) is 21.9 Å². The number of nitrogens with one attached hydrogen (secondary N) is 1. The van der Waals surface area contributed by atoms with Crippen molar-refractivity contribution in [1.82, 2.24) is 10.2 Å². The van der Waals surface area contributed by atoms with E-state index in [-0.39, 0.29) is 12.5 Å². The van der Waals surface area contributed by atoms with Crippen LogP contribution in [0.25, 0.3) is 0 Å². The lowest BCUT2D eigenvalue weighted by atomic mass is 10.2. The maximum atomic E-state index is 12.1. The number of carboxylic acids is 1. The lowest BCUT2D eigenvalue weighted by Gasteiger charge is -2.32. The van der Waals surface area contributed by atoms with E-state index in [2.05, 4.69) is 18.3 Å². The van der Waals surface area contributed by atoms with Crippen molar-refractivity contribution in [2.75, 3.05) is 19.7 Å². The third-order valence-electron chi connectivity index (χ3n) is 3.31. The maximum absolute atomic E-state index is 12.1. The van der Waals surface area contributed by atoms with E-state index >= 15 is 0 Å². The molecule has 7 heteroatoms. The molecule has 1 aliphatic rings. The van der Waals surface area contributed by atoms with E-state index in [0.717, 1.165) is 11.3 Å². The smallest absolute Gasteiger partial charge is 0.317 e. The number of morpholine rings is 1. The van der Waals surface area contributed by atoms with Crippen molar-refractivity contribution in [2.24, 2.45) is 0 Å². The molecule has 1 aliphatic heterocycles. The van der Waals surface area contributed by atoms with Crippen LogP contribution in [-0.4, -0.2) is 47.8 Å². The van der Waals surface area contributed by atoms with Gasteiger partial charge in [-0.3, -0.25) is 4.79 Å². The van der Waals surface area contributed by atoms with Crippen LogP contribution in [0.5, 0.6) is 0 Å². The normalized spacial score (nSPS) is 18.5. The Morgan fingerprint density at radius 3 is 2.90 bits per heavy atom. The number of thiophene rings is 1. The fourth-order valence-corrected chi connectivity index (χ4v) is 3.10. The van der Waals surface area contributed by atoms with Gasteiger partial charge in [0.15, 0.2) is 0 Å². The van der Waals surface area contributed by atoms with Gasteiger partial charge >= 0.3 is 12.0 Å². The molecule has 0 spiro atoms. The lowest BCUT2D eigenvalue weighted by Crippen LogP contribution is -2.49. The van der Waals surface area contributed by atoms with Crippen molar-refractivity contribution in [3.8, 4) is 0 Å². The molecule has 2 N–H and O–H groups in total. The Balaban J connectivity index is 1.80. The van der Waals surface area contributed by atoms with Gasteiger partial charge in [-0.15, -0.1) is 11.3 Å². The minimum atomic E-state index is -0.909. The van der Waals surface area contributed by atoms with Gasteiger partial charge in [-0.2, -0.15) is 0 Å². The molecule has 1 fully saturated rings. The van der Waals surface area contributed by atoms with Crippen molar-refractivity contribution >= 4 is 23.3 Å². The molecule has 0 aliphatic carbocycles. The Kier molecular flexibility index (Phi) is 5.58. The first-order valence-electron chi connectivity index (χ1n) is 7.02. The van der Waals surface area contributed by atoms with Crippen LogP contribution in [0.3, 0.4) is 0 Å². The van der Waals surface area contributed by atoms with Crippen molar-refractivity contribution in [3.63, 3.8) is 0 Å². The van der Waals surface area contributed by atoms with Crippen LogP contribution in [0.4, 0.5) is 4.79 Å². The van der Waals surface area contributed by atoms with Crippen LogP contribution in [0.1, 0.15) is 23.1 Å². The van der Waals surface area contributed by atoms with E-state index in [9.17, 15) is 9.59 Å². The molecule has 21 heavy (non-hydrogen) atoms. The summed E-state index contributed by atoms with van der Waals surface area (Å²) in [6, 6.07) is 3.93. The Bertz CT molecular complexity index is 503. The molecule has 0 bridgehead atoms. The molecule has 1 saturated heterocycles. The molecule has 2 heterocycles. The number of carboxylic acid groups (broad SMARTS) is 1. The second kappa shape index (κ2) is 7.42. The van der Waals surface area contributed by atoms with Gasteiger partial charge in [-0.25, -0.2) is 4.79 Å². The van der Waals surface area contributed by atoms with Gasteiger partial charge in [0, 0.05) is 22.8 Å². The standard InChI is InChI=1S/C14H20N2O4S/c1-2-11-3-4-12(21-11)8-15-14(19)16-5-6-20-10(9-16)7-13(17)18/h3-4,10H,2,5-9H2,1H3,(H,15,19)(H,17,18). The van der Waals surface area contributed by atoms with E-state index < -0.39 is 12.1 Å². The van der Waals surface area contributed by atoms with E-state index in [0.29, 0.717) is 26.2 Å². The molecule has 0 radical (unpaired) electrons. The van der Waals surface area contributed by atoms with Crippen LogP contribution in [0, 0.1) is 0 Å². The molecule has 1 unspecified atom stereocenters. The van der Waals surface area contributed by atoms with Gasteiger partial charge in [0.05, 0.1) is 25.7 Å². The number of aryl methyl sites for hydroxylation is 1. The number of ether oxygens (including phenoxy) is 1. The average Bonchev–Trinajstić information content (AvgIpc) is 2.92. The predicted octanol–water partition coefficient (Wildman–Crippen LogP) is 1.70. The highest BCUT2D eigenvalue weighted by Gasteiger charge is 2.25. The van der Waals surface area contributed by atoms with Gasteiger partial charge in [0.1, 0.15) is 0 Å². The molecule has 1 aromatic rings. The quantitative estimate of drug-likeness (QED) is 0.867. The predicted molar refractivity (Wildman–Crippen MR) is 79.5 cm³/mol. The van der Waals surface area contributed by atoms with Crippen LogP contribution >= 0.6 is 11.3 Å². The second-order valence-electron chi connectivity index (χ2n) is 4.92. The van der Waals surface area contributed by atoms with Gasteiger partial charge in [-0.1, -0.05) is 6.92 Å². The zero-order chi connectivity index (χ0) is 15.2. The third-order valence-corrected chi connectivity index (χ3v) is 4.54. The van der Waals surface area contributed by atoms with Crippen LogP contribution < -0.4 is 5.32 Å². The summed E-state index contributed by atoms with van der Waals surface area (Å²) < 4.78 is 5.35. The van der Waals surface area contributed by atoms with Gasteiger partial charge in [0.25, 0.3) is 0 Å². The Morgan fingerprint density at radius 1 is 1.48 bits per heavy atom. The van der Waals surface area contributed by atoms with Crippen LogP contribution in [0.2, 0.25) is 0 Å². The number of aliphatic carboxylic acids is 1. The van der Waals surface area contributed by atoms with Crippen molar-refractivity contribution < 1.29 is 19.4 Å². The van der Waals surface area contributed by atoms with E-state index in [1.807, 2.05) is 6.07 Å². The first kappa shape index (κ1) is 15.8. The number of amides is 2. The maximum Gasteiger partial charge on any atom is 0.317 e. The molecular weight excluding hydrogens is 292 g/mol. The number of carbonyl (C=O) groups excluding carboxylic acids is 1. The Labute approximate surface area is 127 Å². The van der Waals surface area contributed by atoms with Crippen molar-refractivity contribution in [2.45, 2.75) is 32.4 Å². The van der Waals surface area contributed by atoms with E-state index in [1.54, 1.807) is 16.2 Å². The molecule has 116 valence electrons.